The lowest BCUT2D eigenvalue weighted by Gasteiger charge is -2.20. The summed E-state index contributed by atoms with van der Waals surface area (Å²) < 4.78 is 0. The maximum Gasteiger partial charge on any atom is 0.151 e. The molecule has 0 amide bonds. The molecular formula is C33H20Cl2O. The standard InChI is InChI=1S/C33H20Cl2O/c34-25-14-10-21(11-15-25)24-18-29(22-6-2-1-3-7-22)33-30(19-24)27-8-4-5-9-28(27)31(20-36)32(33)23-12-16-26(35)17-13-23/h1-20H. The highest BCUT2D eigenvalue weighted by atomic mass is 35.5. The summed E-state index contributed by atoms with van der Waals surface area (Å²) in [5.41, 5.74) is 6.86. The van der Waals surface area contributed by atoms with Crippen LogP contribution in [-0.2, 0) is 0 Å². The van der Waals surface area contributed by atoms with Gasteiger partial charge in [-0.3, -0.25) is 4.79 Å². The van der Waals surface area contributed by atoms with Gasteiger partial charge in [0, 0.05) is 21.2 Å². The Morgan fingerprint density at radius 2 is 1.08 bits per heavy atom. The van der Waals surface area contributed by atoms with Gasteiger partial charge in [0.2, 0.25) is 0 Å². The summed E-state index contributed by atoms with van der Waals surface area (Å²) in [5.74, 6) is 0. The Balaban J connectivity index is 1.84. The van der Waals surface area contributed by atoms with E-state index in [0.29, 0.717) is 15.6 Å². The third kappa shape index (κ3) is 3.87. The summed E-state index contributed by atoms with van der Waals surface area (Å²) in [6, 6.07) is 38.5. The maximum atomic E-state index is 12.7. The number of rotatable bonds is 4. The zero-order chi connectivity index (χ0) is 24.6. The molecule has 172 valence electrons. The van der Waals surface area contributed by atoms with Crippen LogP contribution in [0.25, 0.3) is 54.9 Å². The number of hydrogen-bond donors (Lipinski definition) is 0. The Labute approximate surface area is 219 Å². The van der Waals surface area contributed by atoms with E-state index in [1.165, 1.54) is 0 Å². The highest BCUT2D eigenvalue weighted by molar-refractivity contribution is 6.31. The number of fused-ring (bicyclic) bond motifs is 3. The molecule has 0 bridgehead atoms. The largest absolute Gasteiger partial charge is 0.298 e. The topological polar surface area (TPSA) is 17.1 Å². The van der Waals surface area contributed by atoms with Crippen LogP contribution in [0.2, 0.25) is 10.0 Å². The molecule has 0 atom stereocenters. The van der Waals surface area contributed by atoms with Gasteiger partial charge in [0.1, 0.15) is 0 Å². The van der Waals surface area contributed by atoms with Gasteiger partial charge in [0.25, 0.3) is 0 Å². The van der Waals surface area contributed by atoms with Crippen molar-refractivity contribution in [2.45, 2.75) is 0 Å². The molecule has 0 aliphatic carbocycles. The second-order valence-electron chi connectivity index (χ2n) is 8.78. The molecule has 0 fully saturated rings. The molecule has 1 nitrogen and oxygen atoms in total. The second kappa shape index (κ2) is 9.28. The number of carbonyl (C=O) groups is 1. The zero-order valence-corrected chi connectivity index (χ0v) is 20.7. The van der Waals surface area contributed by atoms with Crippen molar-refractivity contribution in [3.05, 3.63) is 131 Å². The van der Waals surface area contributed by atoms with Crippen LogP contribution in [0.5, 0.6) is 0 Å². The van der Waals surface area contributed by atoms with Crippen LogP contribution >= 0.6 is 23.2 Å². The van der Waals surface area contributed by atoms with Gasteiger partial charge >= 0.3 is 0 Å². The molecule has 0 radical (unpaired) electrons. The van der Waals surface area contributed by atoms with Crippen LogP contribution < -0.4 is 0 Å². The van der Waals surface area contributed by atoms with E-state index in [1.807, 2.05) is 84.9 Å². The van der Waals surface area contributed by atoms with E-state index in [2.05, 4.69) is 30.3 Å². The summed E-state index contributed by atoms with van der Waals surface area (Å²) in [6.07, 6.45) is 0.980. The van der Waals surface area contributed by atoms with Gasteiger partial charge in [0.15, 0.2) is 6.29 Å². The molecule has 0 saturated carbocycles. The van der Waals surface area contributed by atoms with Crippen molar-refractivity contribution in [3.8, 4) is 33.4 Å². The summed E-state index contributed by atoms with van der Waals surface area (Å²) in [6.45, 7) is 0. The van der Waals surface area contributed by atoms with Gasteiger partial charge in [-0.1, -0.05) is 102 Å². The predicted molar refractivity (Wildman–Crippen MR) is 153 cm³/mol. The Morgan fingerprint density at radius 1 is 0.500 bits per heavy atom. The minimum atomic E-state index is 0.657. The van der Waals surface area contributed by atoms with Crippen molar-refractivity contribution in [3.63, 3.8) is 0 Å². The fourth-order valence-corrected chi connectivity index (χ4v) is 5.29. The summed E-state index contributed by atoms with van der Waals surface area (Å²) in [7, 11) is 0. The van der Waals surface area contributed by atoms with E-state index in [4.69, 9.17) is 23.2 Å². The molecule has 3 heteroatoms. The van der Waals surface area contributed by atoms with Gasteiger partial charge in [0.05, 0.1) is 0 Å². The smallest absolute Gasteiger partial charge is 0.151 e. The van der Waals surface area contributed by atoms with E-state index in [-0.39, 0.29) is 0 Å². The van der Waals surface area contributed by atoms with E-state index in [9.17, 15) is 4.79 Å². The van der Waals surface area contributed by atoms with Crippen LogP contribution in [0.3, 0.4) is 0 Å². The lowest BCUT2D eigenvalue weighted by atomic mass is 9.83. The molecule has 0 aliphatic rings. The first-order chi connectivity index (χ1) is 17.6. The summed E-state index contributed by atoms with van der Waals surface area (Å²) in [4.78, 5) is 12.7. The minimum absolute atomic E-state index is 0.657. The quantitative estimate of drug-likeness (QED) is 0.173. The first kappa shape index (κ1) is 22.5. The highest BCUT2D eigenvalue weighted by Gasteiger charge is 2.20. The lowest BCUT2D eigenvalue weighted by molar-refractivity contribution is 0.112. The van der Waals surface area contributed by atoms with Crippen molar-refractivity contribution < 1.29 is 4.79 Å². The number of hydrogen-bond acceptors (Lipinski definition) is 1. The Hall–Kier alpha value is -3.91. The summed E-state index contributed by atoms with van der Waals surface area (Å²) >= 11 is 12.4. The van der Waals surface area contributed by atoms with E-state index in [1.54, 1.807) is 0 Å². The average Bonchev–Trinajstić information content (AvgIpc) is 2.93. The van der Waals surface area contributed by atoms with Gasteiger partial charge in [-0.05, 0) is 85.8 Å². The fourth-order valence-electron chi connectivity index (χ4n) is 5.04. The molecule has 6 rings (SSSR count). The summed E-state index contributed by atoms with van der Waals surface area (Å²) in [5, 5.41) is 5.46. The number of benzene rings is 6. The molecule has 36 heavy (non-hydrogen) atoms. The van der Waals surface area contributed by atoms with E-state index in [0.717, 1.165) is 61.2 Å². The van der Waals surface area contributed by atoms with Crippen LogP contribution in [0.15, 0.2) is 115 Å². The van der Waals surface area contributed by atoms with Gasteiger partial charge in [-0.15, -0.1) is 0 Å². The van der Waals surface area contributed by atoms with Crippen molar-refractivity contribution in [2.24, 2.45) is 0 Å². The SMILES string of the molecule is O=Cc1c(-c2ccc(Cl)cc2)c2c(-c3ccccc3)cc(-c3ccc(Cl)cc3)cc2c2ccccc12. The van der Waals surface area contributed by atoms with Crippen molar-refractivity contribution in [1.29, 1.82) is 0 Å². The van der Waals surface area contributed by atoms with Crippen LogP contribution in [0.4, 0.5) is 0 Å². The Morgan fingerprint density at radius 3 is 1.72 bits per heavy atom. The molecule has 0 heterocycles. The number of carbonyl (C=O) groups excluding carboxylic acids is 1. The predicted octanol–water partition coefficient (Wildman–Crippen LogP) is 10.1. The third-order valence-electron chi connectivity index (χ3n) is 6.68. The van der Waals surface area contributed by atoms with Crippen molar-refractivity contribution in [1.82, 2.24) is 0 Å². The zero-order valence-electron chi connectivity index (χ0n) is 19.2. The molecular weight excluding hydrogens is 483 g/mol. The molecule has 0 unspecified atom stereocenters. The third-order valence-corrected chi connectivity index (χ3v) is 7.18. The average molecular weight is 503 g/mol. The van der Waals surface area contributed by atoms with Crippen molar-refractivity contribution in [2.75, 3.05) is 0 Å². The fraction of sp³-hybridized carbons (Fsp3) is 0. The normalized spacial score (nSPS) is 11.2. The van der Waals surface area contributed by atoms with Crippen LogP contribution in [0.1, 0.15) is 10.4 Å². The van der Waals surface area contributed by atoms with Crippen molar-refractivity contribution >= 4 is 51.0 Å². The molecule has 0 aromatic heterocycles. The van der Waals surface area contributed by atoms with Gasteiger partial charge in [-0.25, -0.2) is 0 Å². The number of aldehydes is 1. The molecule has 0 spiro atoms. The first-order valence-electron chi connectivity index (χ1n) is 11.7. The van der Waals surface area contributed by atoms with Crippen LogP contribution in [0, 0.1) is 0 Å². The molecule has 0 aliphatic heterocycles. The van der Waals surface area contributed by atoms with Gasteiger partial charge < -0.3 is 0 Å². The van der Waals surface area contributed by atoms with Gasteiger partial charge in [-0.2, -0.15) is 0 Å². The Kier molecular flexibility index (Phi) is 5.81. The molecule has 0 N–H and O–H groups in total. The lowest BCUT2D eigenvalue weighted by Crippen LogP contribution is -1.96. The highest BCUT2D eigenvalue weighted by Crippen LogP contribution is 2.45. The van der Waals surface area contributed by atoms with E-state index < -0.39 is 0 Å². The molecule has 6 aromatic rings. The minimum Gasteiger partial charge on any atom is -0.298 e. The monoisotopic (exact) mass is 502 g/mol. The molecule has 6 aromatic carbocycles. The second-order valence-corrected chi connectivity index (χ2v) is 9.65. The maximum absolute atomic E-state index is 12.7. The van der Waals surface area contributed by atoms with E-state index >= 15 is 0 Å². The first-order valence-corrected chi connectivity index (χ1v) is 12.4. The number of halogens is 2. The van der Waals surface area contributed by atoms with Crippen LogP contribution in [-0.4, -0.2) is 6.29 Å². The Bertz CT molecular complexity index is 1740. The molecule has 0 saturated heterocycles.